The molecule has 1 rings (SSSR count). The molecule has 1 saturated carbocycles. The molecule has 0 aliphatic heterocycles. The Hall–Kier alpha value is -1.14. The molecule has 0 bridgehead atoms. The van der Waals surface area contributed by atoms with Gasteiger partial charge in [0.15, 0.2) is 0 Å². The summed E-state index contributed by atoms with van der Waals surface area (Å²) >= 11 is 0. The highest BCUT2D eigenvalue weighted by atomic mass is 16.4. The minimum Gasteiger partial charge on any atom is -0.481 e. The number of nitrogens with one attached hydrogen (secondary N) is 1. The number of nitrogens with two attached hydrogens (primary N) is 1. The third-order valence-corrected chi connectivity index (χ3v) is 4.08. The fourth-order valence-electron chi connectivity index (χ4n) is 2.61. The van der Waals surface area contributed by atoms with Gasteiger partial charge in [0, 0.05) is 18.5 Å². The molecule has 0 aromatic heterocycles. The molecule has 1 aliphatic rings. The molecule has 110 valence electrons. The largest absolute Gasteiger partial charge is 0.481 e. The standard InChI is InChI=1S/C13H25N3O3/c1-16(2)13(7-3-4-8-13)9-15-12(19)10(14)5-6-11(17)18/h10H,3-9,14H2,1-2H3,(H,15,19)(H,17,18). The van der Waals surface area contributed by atoms with Crippen molar-refractivity contribution in [3.63, 3.8) is 0 Å². The summed E-state index contributed by atoms with van der Waals surface area (Å²) in [6.07, 6.45) is 4.61. The smallest absolute Gasteiger partial charge is 0.303 e. The van der Waals surface area contributed by atoms with Crippen molar-refractivity contribution in [3.8, 4) is 0 Å². The Morgan fingerprint density at radius 2 is 1.95 bits per heavy atom. The van der Waals surface area contributed by atoms with E-state index < -0.39 is 12.0 Å². The zero-order valence-electron chi connectivity index (χ0n) is 11.8. The average molecular weight is 271 g/mol. The molecule has 1 unspecified atom stereocenters. The fourth-order valence-corrected chi connectivity index (χ4v) is 2.61. The van der Waals surface area contributed by atoms with Crippen LogP contribution in [0.5, 0.6) is 0 Å². The summed E-state index contributed by atoms with van der Waals surface area (Å²) in [5.74, 6) is -1.18. The maximum absolute atomic E-state index is 11.8. The number of aliphatic carboxylic acids is 1. The van der Waals surface area contributed by atoms with E-state index in [9.17, 15) is 9.59 Å². The van der Waals surface area contributed by atoms with Gasteiger partial charge in [0.05, 0.1) is 6.04 Å². The molecule has 1 aliphatic carbocycles. The quantitative estimate of drug-likeness (QED) is 0.613. The van der Waals surface area contributed by atoms with Crippen LogP contribution in [0.4, 0.5) is 0 Å². The van der Waals surface area contributed by atoms with Crippen LogP contribution >= 0.6 is 0 Å². The van der Waals surface area contributed by atoms with Crippen LogP contribution in [0, 0.1) is 0 Å². The Balaban J connectivity index is 2.42. The number of likely N-dealkylation sites (N-methyl/N-ethyl adjacent to an activating group) is 1. The summed E-state index contributed by atoms with van der Waals surface area (Å²) in [6, 6.07) is -0.739. The molecule has 0 radical (unpaired) electrons. The number of rotatable bonds is 7. The maximum Gasteiger partial charge on any atom is 0.303 e. The fraction of sp³-hybridized carbons (Fsp3) is 0.846. The first-order valence-corrected chi connectivity index (χ1v) is 6.80. The van der Waals surface area contributed by atoms with Crippen LogP contribution in [-0.4, -0.2) is 54.1 Å². The normalized spacial score (nSPS) is 19.4. The van der Waals surface area contributed by atoms with Gasteiger partial charge in [-0.1, -0.05) is 12.8 Å². The lowest BCUT2D eigenvalue weighted by molar-refractivity contribution is -0.137. The maximum atomic E-state index is 11.8. The van der Waals surface area contributed by atoms with Crippen molar-refractivity contribution in [2.24, 2.45) is 5.73 Å². The molecule has 0 heterocycles. The van der Waals surface area contributed by atoms with Crippen molar-refractivity contribution in [2.75, 3.05) is 20.6 Å². The highest BCUT2D eigenvalue weighted by molar-refractivity contribution is 5.82. The van der Waals surface area contributed by atoms with Gasteiger partial charge in [0.2, 0.25) is 5.91 Å². The molecule has 0 saturated heterocycles. The molecule has 6 heteroatoms. The van der Waals surface area contributed by atoms with Crippen LogP contribution in [0.1, 0.15) is 38.5 Å². The van der Waals surface area contributed by atoms with Gasteiger partial charge in [-0.15, -0.1) is 0 Å². The first-order valence-electron chi connectivity index (χ1n) is 6.80. The van der Waals surface area contributed by atoms with Crippen LogP contribution in [0.25, 0.3) is 0 Å². The number of amides is 1. The lowest BCUT2D eigenvalue weighted by atomic mass is 9.96. The van der Waals surface area contributed by atoms with E-state index in [0.29, 0.717) is 6.54 Å². The molecular weight excluding hydrogens is 246 g/mol. The number of carbonyl (C=O) groups is 2. The Bertz CT molecular complexity index is 325. The molecule has 0 aromatic carbocycles. The van der Waals surface area contributed by atoms with Crippen molar-refractivity contribution in [1.82, 2.24) is 10.2 Å². The van der Waals surface area contributed by atoms with Crippen LogP contribution in [0.3, 0.4) is 0 Å². The Morgan fingerprint density at radius 1 is 1.37 bits per heavy atom. The highest BCUT2D eigenvalue weighted by Crippen LogP contribution is 2.33. The minimum atomic E-state index is -0.927. The Labute approximate surface area is 114 Å². The van der Waals surface area contributed by atoms with Crippen LogP contribution in [-0.2, 0) is 9.59 Å². The van der Waals surface area contributed by atoms with Gasteiger partial charge in [-0.25, -0.2) is 0 Å². The van der Waals surface area contributed by atoms with E-state index in [1.165, 1.54) is 12.8 Å². The number of carboxylic acids is 1. The molecule has 1 amide bonds. The van der Waals surface area contributed by atoms with Gasteiger partial charge in [-0.2, -0.15) is 0 Å². The van der Waals surface area contributed by atoms with Crippen molar-refractivity contribution >= 4 is 11.9 Å². The Kier molecular flexibility index (Phi) is 5.75. The average Bonchev–Trinajstić information content (AvgIpc) is 2.83. The summed E-state index contributed by atoms with van der Waals surface area (Å²) < 4.78 is 0. The number of carboxylic acid groups (broad SMARTS) is 1. The monoisotopic (exact) mass is 271 g/mol. The van der Waals surface area contributed by atoms with Crippen LogP contribution < -0.4 is 11.1 Å². The van der Waals surface area contributed by atoms with E-state index in [1.807, 2.05) is 14.1 Å². The second kappa shape index (κ2) is 6.86. The van der Waals surface area contributed by atoms with Gasteiger partial charge >= 0.3 is 5.97 Å². The van der Waals surface area contributed by atoms with E-state index in [4.69, 9.17) is 10.8 Å². The van der Waals surface area contributed by atoms with E-state index in [1.54, 1.807) is 0 Å². The topological polar surface area (TPSA) is 95.7 Å². The number of nitrogens with zero attached hydrogens (tertiary/aromatic N) is 1. The molecule has 4 N–H and O–H groups in total. The molecule has 1 atom stereocenters. The number of hydrogen-bond donors (Lipinski definition) is 3. The van der Waals surface area contributed by atoms with E-state index in [-0.39, 0.29) is 24.3 Å². The number of carbonyl (C=O) groups excluding carboxylic acids is 1. The molecule has 19 heavy (non-hydrogen) atoms. The lowest BCUT2D eigenvalue weighted by Gasteiger charge is -2.36. The minimum absolute atomic E-state index is 0.0299. The van der Waals surface area contributed by atoms with Crippen molar-refractivity contribution in [2.45, 2.75) is 50.1 Å². The van der Waals surface area contributed by atoms with Crippen LogP contribution in [0.15, 0.2) is 0 Å². The van der Waals surface area contributed by atoms with Crippen molar-refractivity contribution in [1.29, 1.82) is 0 Å². The van der Waals surface area contributed by atoms with Gasteiger partial charge in [0.1, 0.15) is 0 Å². The van der Waals surface area contributed by atoms with E-state index >= 15 is 0 Å². The lowest BCUT2D eigenvalue weighted by Crippen LogP contribution is -2.53. The predicted octanol–water partition coefficient (Wildman–Crippen LogP) is 0.169. The summed E-state index contributed by atoms with van der Waals surface area (Å²) in [5, 5.41) is 11.4. The van der Waals surface area contributed by atoms with Gasteiger partial charge in [-0.3, -0.25) is 9.59 Å². The summed E-state index contributed by atoms with van der Waals surface area (Å²) in [7, 11) is 4.06. The van der Waals surface area contributed by atoms with Crippen molar-refractivity contribution < 1.29 is 14.7 Å². The van der Waals surface area contributed by atoms with Gasteiger partial charge < -0.3 is 21.1 Å². The predicted molar refractivity (Wildman–Crippen MR) is 72.7 cm³/mol. The van der Waals surface area contributed by atoms with E-state index in [0.717, 1.165) is 12.8 Å². The Morgan fingerprint density at radius 3 is 2.42 bits per heavy atom. The first-order chi connectivity index (χ1) is 8.87. The molecule has 6 nitrogen and oxygen atoms in total. The second-order valence-corrected chi connectivity index (χ2v) is 5.58. The van der Waals surface area contributed by atoms with Crippen LogP contribution in [0.2, 0.25) is 0 Å². The summed E-state index contributed by atoms with van der Waals surface area (Å²) in [5.41, 5.74) is 5.71. The van der Waals surface area contributed by atoms with Crippen molar-refractivity contribution in [3.05, 3.63) is 0 Å². The third-order valence-electron chi connectivity index (χ3n) is 4.08. The summed E-state index contributed by atoms with van der Waals surface area (Å²) in [4.78, 5) is 24.4. The molecule has 0 spiro atoms. The molecule has 1 fully saturated rings. The zero-order chi connectivity index (χ0) is 14.5. The van der Waals surface area contributed by atoms with Gasteiger partial charge in [0.25, 0.3) is 0 Å². The SMILES string of the molecule is CN(C)C1(CNC(=O)C(N)CCC(=O)O)CCCC1. The number of hydrogen-bond acceptors (Lipinski definition) is 4. The first kappa shape index (κ1) is 15.9. The summed E-state index contributed by atoms with van der Waals surface area (Å²) in [6.45, 7) is 0.583. The van der Waals surface area contributed by atoms with Gasteiger partial charge in [-0.05, 0) is 33.4 Å². The zero-order valence-corrected chi connectivity index (χ0v) is 11.8. The van der Waals surface area contributed by atoms with E-state index in [2.05, 4.69) is 10.2 Å². The highest BCUT2D eigenvalue weighted by Gasteiger charge is 2.36. The third kappa shape index (κ3) is 4.47. The molecular formula is C13H25N3O3. The molecule has 0 aromatic rings. The second-order valence-electron chi connectivity index (χ2n) is 5.58.